The van der Waals surface area contributed by atoms with Gasteiger partial charge >= 0.3 is 40.5 Å². The first-order valence-electron chi connectivity index (χ1n) is 4.93. The van der Waals surface area contributed by atoms with Crippen molar-refractivity contribution in [2.24, 2.45) is 0 Å². The largest absolute Gasteiger partial charge is 0.435 e. The molecule has 0 aliphatic heterocycles. The Bertz CT molecular complexity index is 474. The highest BCUT2D eigenvalue weighted by molar-refractivity contribution is 7.96. The van der Waals surface area contributed by atoms with Crippen molar-refractivity contribution in [1.29, 1.82) is 0 Å². The van der Waals surface area contributed by atoms with Gasteiger partial charge in [0.2, 0.25) is 0 Å². The van der Waals surface area contributed by atoms with Gasteiger partial charge in [0, 0.05) is 0 Å². The van der Waals surface area contributed by atoms with Crippen LogP contribution in [0, 0.1) is 0 Å². The third kappa shape index (κ3) is 1.94. The van der Waals surface area contributed by atoms with Crippen LogP contribution in [0.15, 0.2) is 0 Å². The maximum absolute atomic E-state index is 13.7. The van der Waals surface area contributed by atoms with Crippen LogP contribution in [0.1, 0.15) is 0 Å². The zero-order chi connectivity index (χ0) is 19.6. The SMILES string of the molecule is OOOSC1(F)C(F)(F)C(F)(F)C(F)(C(F)(F)F)C(F)(F)C1(F)F. The summed E-state index contributed by atoms with van der Waals surface area (Å²) in [6, 6.07) is 0. The lowest BCUT2D eigenvalue weighted by Gasteiger charge is -2.54. The molecular weight excluding hydrogens is 411 g/mol. The molecule has 3 nitrogen and oxygen atoms in total. The minimum Gasteiger partial charge on any atom is -0.220 e. The molecule has 0 bridgehead atoms. The second-order valence-electron chi connectivity index (χ2n) is 4.27. The predicted molar refractivity (Wildman–Crippen MR) is 45.9 cm³/mol. The zero-order valence-corrected chi connectivity index (χ0v) is 10.9. The Kier molecular flexibility index (Phi) is 4.60. The number of hydrogen-bond donors (Lipinski definition) is 1. The summed E-state index contributed by atoms with van der Waals surface area (Å²) in [7, 11) is 0. The average Bonchev–Trinajstić information content (AvgIpc) is 2.40. The van der Waals surface area contributed by atoms with E-state index in [0.29, 0.717) is 0 Å². The minimum atomic E-state index is -7.85. The Hall–Kier alpha value is -0.680. The van der Waals surface area contributed by atoms with E-state index < -0.39 is 52.6 Å². The van der Waals surface area contributed by atoms with E-state index in [4.69, 9.17) is 5.26 Å². The fourth-order valence-corrected chi connectivity index (χ4v) is 2.34. The number of rotatable bonds is 3. The molecule has 0 aromatic heterocycles. The second kappa shape index (κ2) is 5.16. The number of alkyl halides is 13. The summed E-state index contributed by atoms with van der Waals surface area (Å²) < 4.78 is 173. The van der Waals surface area contributed by atoms with E-state index in [1.807, 2.05) is 0 Å². The lowest BCUT2D eigenvalue weighted by atomic mass is 9.72. The van der Waals surface area contributed by atoms with Crippen LogP contribution in [0.4, 0.5) is 57.1 Å². The Labute approximate surface area is 125 Å². The Morgan fingerprint density at radius 1 is 0.667 bits per heavy atom. The summed E-state index contributed by atoms with van der Waals surface area (Å²) in [4.78, 5) is 0. The highest BCUT2D eigenvalue weighted by Gasteiger charge is 3.05. The summed E-state index contributed by atoms with van der Waals surface area (Å²) in [5.74, 6) is -30.3. The van der Waals surface area contributed by atoms with E-state index in [-0.39, 0.29) is 0 Å². The lowest BCUT2D eigenvalue weighted by Crippen LogP contribution is -2.87. The quantitative estimate of drug-likeness (QED) is 0.320. The number of hydrogen-bond acceptors (Lipinski definition) is 4. The molecule has 1 aliphatic rings. The Morgan fingerprint density at radius 2 is 1.00 bits per heavy atom. The maximum atomic E-state index is 13.7. The van der Waals surface area contributed by atoms with Gasteiger partial charge in [-0.25, -0.2) is 14.0 Å². The standard InChI is InChI=1S/C7HF13O3S/c8-1(7(18,19)20)2(9,10)4(13,14)6(17,24-23-22-21)5(15,16)3(1,11)12/h21H. The van der Waals surface area contributed by atoms with Gasteiger partial charge in [0.15, 0.2) is 0 Å². The highest BCUT2D eigenvalue weighted by atomic mass is 32.2. The molecule has 0 aromatic rings. The van der Waals surface area contributed by atoms with Crippen molar-refractivity contribution >= 4 is 12.0 Å². The molecule has 0 radical (unpaired) electrons. The van der Waals surface area contributed by atoms with Gasteiger partial charge in [0.05, 0.1) is 12.0 Å². The smallest absolute Gasteiger partial charge is 0.220 e. The predicted octanol–water partition coefficient (Wildman–Crippen LogP) is 4.55. The molecule has 17 heteroatoms. The first kappa shape index (κ1) is 21.4. The number of halogens is 13. The topological polar surface area (TPSA) is 38.7 Å². The first-order chi connectivity index (χ1) is 10.3. The van der Waals surface area contributed by atoms with Gasteiger partial charge in [0.1, 0.15) is 0 Å². The summed E-state index contributed by atoms with van der Waals surface area (Å²) >= 11 is -2.40. The van der Waals surface area contributed by atoms with Gasteiger partial charge in [-0.3, -0.25) is 0 Å². The van der Waals surface area contributed by atoms with Crippen molar-refractivity contribution < 1.29 is 71.7 Å². The molecule has 0 unspecified atom stereocenters. The molecule has 0 saturated heterocycles. The van der Waals surface area contributed by atoms with Gasteiger partial charge in [-0.05, 0) is 0 Å². The fourth-order valence-electron chi connectivity index (χ4n) is 1.75. The van der Waals surface area contributed by atoms with Crippen LogP contribution in [-0.2, 0) is 9.37 Å². The third-order valence-corrected chi connectivity index (χ3v) is 3.90. The fraction of sp³-hybridized carbons (Fsp3) is 1.00. The zero-order valence-electron chi connectivity index (χ0n) is 10.1. The molecule has 144 valence electrons. The molecule has 0 amide bonds. The van der Waals surface area contributed by atoms with Crippen LogP contribution < -0.4 is 0 Å². The van der Waals surface area contributed by atoms with Crippen molar-refractivity contribution in [2.75, 3.05) is 0 Å². The van der Waals surface area contributed by atoms with Gasteiger partial charge in [0.25, 0.3) is 0 Å². The molecule has 1 aliphatic carbocycles. The maximum Gasteiger partial charge on any atom is 0.435 e. The highest BCUT2D eigenvalue weighted by Crippen LogP contribution is 2.74. The molecular formula is C7HF13O3S. The van der Waals surface area contributed by atoms with Crippen LogP contribution in [0.5, 0.6) is 0 Å². The molecule has 0 atom stereocenters. The van der Waals surface area contributed by atoms with Gasteiger partial charge in [-0.1, -0.05) is 5.04 Å². The summed E-state index contributed by atoms with van der Waals surface area (Å²) in [5.41, 5.74) is -7.85. The summed E-state index contributed by atoms with van der Waals surface area (Å²) in [6.45, 7) is 0. The average molecular weight is 412 g/mol. The van der Waals surface area contributed by atoms with E-state index in [0.717, 1.165) is 0 Å². The van der Waals surface area contributed by atoms with E-state index in [9.17, 15) is 57.1 Å². The van der Waals surface area contributed by atoms with Crippen LogP contribution >= 0.6 is 12.0 Å². The first-order valence-corrected chi connectivity index (χ1v) is 5.67. The van der Waals surface area contributed by atoms with Crippen molar-refractivity contribution in [1.82, 2.24) is 0 Å². The molecule has 1 rings (SSSR count). The van der Waals surface area contributed by atoms with Crippen molar-refractivity contribution in [3.05, 3.63) is 0 Å². The van der Waals surface area contributed by atoms with E-state index >= 15 is 0 Å². The minimum absolute atomic E-state index is 2.30. The monoisotopic (exact) mass is 412 g/mol. The van der Waals surface area contributed by atoms with Crippen LogP contribution in [0.2, 0.25) is 0 Å². The normalized spacial score (nSPS) is 37.2. The van der Waals surface area contributed by atoms with Gasteiger partial charge in [-0.15, -0.1) is 4.33 Å². The van der Waals surface area contributed by atoms with Crippen molar-refractivity contribution in [3.63, 3.8) is 0 Å². The summed E-state index contributed by atoms with van der Waals surface area (Å²) in [6.07, 6.45) is -7.67. The second-order valence-corrected chi connectivity index (χ2v) is 5.14. The molecule has 24 heavy (non-hydrogen) atoms. The third-order valence-electron chi connectivity index (χ3n) is 3.03. The van der Waals surface area contributed by atoms with Crippen LogP contribution in [0.3, 0.4) is 0 Å². The van der Waals surface area contributed by atoms with Gasteiger partial charge in [-0.2, -0.15) is 48.3 Å². The van der Waals surface area contributed by atoms with Crippen LogP contribution in [0.25, 0.3) is 0 Å². The molecule has 1 fully saturated rings. The van der Waals surface area contributed by atoms with Crippen molar-refractivity contribution in [3.8, 4) is 0 Å². The Balaban J connectivity index is 3.87. The van der Waals surface area contributed by atoms with E-state index in [2.05, 4.69) is 9.37 Å². The molecule has 1 N–H and O–H groups in total. The van der Waals surface area contributed by atoms with E-state index in [1.165, 1.54) is 0 Å². The molecule has 0 spiro atoms. The Morgan fingerprint density at radius 3 is 1.25 bits per heavy atom. The molecule has 1 saturated carbocycles. The van der Waals surface area contributed by atoms with Crippen LogP contribution in [-0.4, -0.2) is 45.8 Å². The lowest BCUT2D eigenvalue weighted by molar-refractivity contribution is -0.487. The van der Waals surface area contributed by atoms with Crippen molar-refractivity contribution in [2.45, 2.75) is 40.5 Å². The van der Waals surface area contributed by atoms with E-state index in [1.54, 1.807) is 0 Å². The van der Waals surface area contributed by atoms with Gasteiger partial charge < -0.3 is 0 Å². The molecule has 0 aromatic carbocycles. The summed E-state index contributed by atoms with van der Waals surface area (Å²) in [5, 5.41) is 3.13. The molecule has 0 heterocycles.